The molecule has 0 amide bonds. The number of carbonyl (C=O) groups is 1. The lowest BCUT2D eigenvalue weighted by Gasteiger charge is -2.21. The molecule has 0 saturated carbocycles. The first-order valence-corrected chi connectivity index (χ1v) is 6.29. The zero-order chi connectivity index (χ0) is 12.1. The van der Waals surface area contributed by atoms with Crippen LogP contribution >= 0.6 is 0 Å². The van der Waals surface area contributed by atoms with Crippen LogP contribution in [0.5, 0.6) is 5.75 Å². The van der Waals surface area contributed by atoms with Gasteiger partial charge in [-0.2, -0.15) is 0 Å². The number of hydrogen-bond acceptors (Lipinski definition) is 3. The van der Waals surface area contributed by atoms with Crippen molar-refractivity contribution in [1.29, 1.82) is 0 Å². The van der Waals surface area contributed by atoms with Crippen molar-refractivity contribution < 1.29 is 9.53 Å². The molecule has 0 spiro atoms. The number of rotatable bonds is 4. The van der Waals surface area contributed by atoms with Crippen molar-refractivity contribution in [2.45, 2.75) is 19.8 Å². The minimum absolute atomic E-state index is 0.189. The molecule has 2 rings (SSSR count). The van der Waals surface area contributed by atoms with Crippen molar-refractivity contribution in [1.82, 2.24) is 5.32 Å². The number of Topliss-reactive ketones (excluding diaryl/α,β-unsaturated/α-hetero) is 1. The lowest BCUT2D eigenvalue weighted by atomic mass is 9.90. The summed E-state index contributed by atoms with van der Waals surface area (Å²) in [4.78, 5) is 12.2. The van der Waals surface area contributed by atoms with Crippen LogP contribution in [-0.4, -0.2) is 25.5 Å². The van der Waals surface area contributed by atoms with Crippen molar-refractivity contribution in [3.63, 3.8) is 0 Å². The van der Waals surface area contributed by atoms with Gasteiger partial charge in [-0.1, -0.05) is 0 Å². The fourth-order valence-corrected chi connectivity index (χ4v) is 2.20. The molecule has 3 heteroatoms. The molecular weight excluding hydrogens is 214 g/mol. The van der Waals surface area contributed by atoms with E-state index in [9.17, 15) is 4.79 Å². The maximum atomic E-state index is 12.2. The quantitative estimate of drug-likeness (QED) is 0.811. The average Bonchev–Trinajstić information content (AvgIpc) is 2.40. The van der Waals surface area contributed by atoms with Gasteiger partial charge in [-0.25, -0.2) is 0 Å². The van der Waals surface area contributed by atoms with Gasteiger partial charge in [0.2, 0.25) is 0 Å². The van der Waals surface area contributed by atoms with E-state index in [4.69, 9.17) is 4.74 Å². The molecule has 0 aliphatic carbocycles. The minimum atomic E-state index is 0.189. The second kappa shape index (κ2) is 5.82. The first kappa shape index (κ1) is 12.1. The van der Waals surface area contributed by atoms with Crippen LogP contribution in [0, 0.1) is 5.92 Å². The number of ether oxygens (including phenoxy) is 1. The molecule has 0 aromatic heterocycles. The third kappa shape index (κ3) is 3.07. The topological polar surface area (TPSA) is 38.3 Å². The van der Waals surface area contributed by atoms with Crippen LogP contribution in [0.15, 0.2) is 24.3 Å². The Hall–Kier alpha value is -1.35. The molecule has 0 bridgehead atoms. The lowest BCUT2D eigenvalue weighted by molar-refractivity contribution is 0.0895. The summed E-state index contributed by atoms with van der Waals surface area (Å²) in [7, 11) is 0. The number of benzene rings is 1. The highest BCUT2D eigenvalue weighted by molar-refractivity contribution is 5.98. The van der Waals surface area contributed by atoms with Gasteiger partial charge < -0.3 is 10.1 Å². The summed E-state index contributed by atoms with van der Waals surface area (Å²) >= 11 is 0. The van der Waals surface area contributed by atoms with Gasteiger partial charge in [-0.05, 0) is 57.1 Å². The molecule has 1 aromatic rings. The number of ketones is 1. The largest absolute Gasteiger partial charge is 0.494 e. The summed E-state index contributed by atoms with van der Waals surface area (Å²) in [6.07, 6.45) is 1.90. The van der Waals surface area contributed by atoms with Crippen LogP contribution in [0.4, 0.5) is 0 Å². The average molecular weight is 233 g/mol. The van der Waals surface area contributed by atoms with Crippen molar-refractivity contribution >= 4 is 5.78 Å². The summed E-state index contributed by atoms with van der Waals surface area (Å²) in [5.74, 6) is 1.29. The van der Waals surface area contributed by atoms with Crippen molar-refractivity contribution in [3.05, 3.63) is 29.8 Å². The second-order valence-corrected chi connectivity index (χ2v) is 4.35. The summed E-state index contributed by atoms with van der Waals surface area (Å²) in [6.45, 7) is 4.51. The van der Waals surface area contributed by atoms with Gasteiger partial charge in [0.05, 0.1) is 6.61 Å². The van der Waals surface area contributed by atoms with Gasteiger partial charge in [0, 0.05) is 11.5 Å². The predicted molar refractivity (Wildman–Crippen MR) is 67.5 cm³/mol. The summed E-state index contributed by atoms with van der Waals surface area (Å²) in [5.41, 5.74) is 0.806. The number of carbonyl (C=O) groups excluding carboxylic acids is 1. The molecule has 1 saturated heterocycles. The highest BCUT2D eigenvalue weighted by Gasteiger charge is 2.21. The highest BCUT2D eigenvalue weighted by Crippen LogP contribution is 2.20. The van der Waals surface area contributed by atoms with Crippen LogP contribution in [0.2, 0.25) is 0 Å². The van der Waals surface area contributed by atoms with Crippen LogP contribution < -0.4 is 10.1 Å². The molecule has 0 atom stereocenters. The Balaban J connectivity index is 2.03. The third-order valence-electron chi connectivity index (χ3n) is 3.16. The molecule has 1 aromatic carbocycles. The summed E-state index contributed by atoms with van der Waals surface area (Å²) in [6, 6.07) is 7.49. The zero-order valence-corrected chi connectivity index (χ0v) is 10.2. The van der Waals surface area contributed by atoms with E-state index in [2.05, 4.69) is 5.32 Å². The Morgan fingerprint density at radius 1 is 1.29 bits per heavy atom. The van der Waals surface area contributed by atoms with Gasteiger partial charge in [-0.15, -0.1) is 0 Å². The van der Waals surface area contributed by atoms with Gasteiger partial charge in [0.15, 0.2) is 5.78 Å². The van der Waals surface area contributed by atoms with E-state index in [0.29, 0.717) is 6.61 Å². The smallest absolute Gasteiger partial charge is 0.166 e. The van der Waals surface area contributed by atoms with E-state index in [-0.39, 0.29) is 11.7 Å². The van der Waals surface area contributed by atoms with Crippen LogP contribution in [0.3, 0.4) is 0 Å². The molecule has 0 unspecified atom stereocenters. The molecular formula is C14H19NO2. The Bertz CT molecular complexity index is 366. The standard InChI is InChI=1S/C14H19NO2/c1-2-17-13-5-3-11(4-6-13)14(16)12-7-9-15-10-8-12/h3-6,12,15H,2,7-10H2,1H3. The highest BCUT2D eigenvalue weighted by atomic mass is 16.5. The predicted octanol–water partition coefficient (Wildman–Crippen LogP) is 2.27. The van der Waals surface area contributed by atoms with E-state index >= 15 is 0 Å². The van der Waals surface area contributed by atoms with Crippen LogP contribution in [-0.2, 0) is 0 Å². The summed E-state index contributed by atoms with van der Waals surface area (Å²) < 4.78 is 5.36. The van der Waals surface area contributed by atoms with Crippen LogP contribution in [0.1, 0.15) is 30.1 Å². The Morgan fingerprint density at radius 2 is 1.94 bits per heavy atom. The van der Waals surface area contributed by atoms with Crippen molar-refractivity contribution in [2.75, 3.05) is 19.7 Å². The monoisotopic (exact) mass is 233 g/mol. The first-order valence-electron chi connectivity index (χ1n) is 6.29. The second-order valence-electron chi connectivity index (χ2n) is 4.35. The molecule has 0 radical (unpaired) electrons. The van der Waals surface area contributed by atoms with E-state index < -0.39 is 0 Å². The molecule has 92 valence electrons. The zero-order valence-electron chi connectivity index (χ0n) is 10.2. The Labute approximate surface area is 102 Å². The van der Waals surface area contributed by atoms with E-state index in [1.165, 1.54) is 0 Å². The SMILES string of the molecule is CCOc1ccc(C(=O)C2CCNCC2)cc1. The van der Waals surface area contributed by atoms with Gasteiger partial charge in [0.25, 0.3) is 0 Å². The van der Waals surface area contributed by atoms with Crippen LogP contribution in [0.25, 0.3) is 0 Å². The number of nitrogens with one attached hydrogen (secondary N) is 1. The fraction of sp³-hybridized carbons (Fsp3) is 0.500. The van der Waals surface area contributed by atoms with E-state index in [0.717, 1.165) is 37.2 Å². The van der Waals surface area contributed by atoms with Crippen molar-refractivity contribution in [2.24, 2.45) is 5.92 Å². The van der Waals surface area contributed by atoms with Gasteiger partial charge in [0.1, 0.15) is 5.75 Å². The fourth-order valence-electron chi connectivity index (χ4n) is 2.20. The van der Waals surface area contributed by atoms with Gasteiger partial charge in [-0.3, -0.25) is 4.79 Å². The molecule has 1 fully saturated rings. The first-order chi connectivity index (χ1) is 8.31. The molecule has 17 heavy (non-hydrogen) atoms. The summed E-state index contributed by atoms with van der Waals surface area (Å²) in [5, 5.41) is 3.27. The maximum absolute atomic E-state index is 12.2. The number of piperidine rings is 1. The Kier molecular flexibility index (Phi) is 4.15. The van der Waals surface area contributed by atoms with E-state index in [1.54, 1.807) is 0 Å². The number of hydrogen-bond donors (Lipinski definition) is 1. The molecule has 1 heterocycles. The Morgan fingerprint density at radius 3 is 2.53 bits per heavy atom. The normalized spacial score (nSPS) is 16.8. The maximum Gasteiger partial charge on any atom is 0.166 e. The lowest BCUT2D eigenvalue weighted by Crippen LogP contribution is -2.31. The van der Waals surface area contributed by atoms with E-state index in [1.807, 2.05) is 31.2 Å². The molecule has 3 nitrogen and oxygen atoms in total. The van der Waals surface area contributed by atoms with Gasteiger partial charge >= 0.3 is 0 Å². The minimum Gasteiger partial charge on any atom is -0.494 e. The molecule has 1 aliphatic rings. The molecule has 1 aliphatic heterocycles. The molecule has 1 N–H and O–H groups in total. The third-order valence-corrected chi connectivity index (χ3v) is 3.16. The van der Waals surface area contributed by atoms with Crippen molar-refractivity contribution in [3.8, 4) is 5.75 Å².